The van der Waals surface area contributed by atoms with Crippen LogP contribution in [0.25, 0.3) is 0 Å². The zero-order valence-electron chi connectivity index (χ0n) is 18.3. The van der Waals surface area contributed by atoms with Crippen molar-refractivity contribution < 1.29 is 14.1 Å². The highest BCUT2D eigenvalue weighted by atomic mass is 16.5. The van der Waals surface area contributed by atoms with Crippen molar-refractivity contribution in [2.45, 2.75) is 53.0 Å². The second-order valence-corrected chi connectivity index (χ2v) is 6.91. The predicted molar refractivity (Wildman–Crippen MR) is 119 cm³/mol. The number of ether oxygens (including phenoxy) is 1. The summed E-state index contributed by atoms with van der Waals surface area (Å²) in [7, 11) is 0. The third-order valence-corrected chi connectivity index (χ3v) is 4.54. The van der Waals surface area contributed by atoms with E-state index in [1.807, 2.05) is 31.2 Å². The van der Waals surface area contributed by atoms with Gasteiger partial charge in [0.05, 0.1) is 12.2 Å². The molecule has 0 saturated heterocycles. The number of hydrogen-bond donors (Lipinski definition) is 3. The van der Waals surface area contributed by atoms with Crippen molar-refractivity contribution in [2.24, 2.45) is 4.99 Å². The summed E-state index contributed by atoms with van der Waals surface area (Å²) in [5.41, 5.74) is 1.71. The van der Waals surface area contributed by atoms with E-state index >= 15 is 0 Å². The lowest BCUT2D eigenvalue weighted by molar-refractivity contribution is -0.114. The largest absolute Gasteiger partial charge is 0.492 e. The molecule has 3 N–H and O–H groups in total. The van der Waals surface area contributed by atoms with Gasteiger partial charge in [-0.15, -0.1) is 0 Å². The van der Waals surface area contributed by atoms with Crippen molar-refractivity contribution in [2.75, 3.05) is 25.0 Å². The van der Waals surface area contributed by atoms with Crippen LogP contribution >= 0.6 is 0 Å². The molecular formula is C22H33N5O3. The van der Waals surface area contributed by atoms with Gasteiger partial charge < -0.3 is 25.2 Å². The summed E-state index contributed by atoms with van der Waals surface area (Å²) >= 11 is 0. The second kappa shape index (κ2) is 12.5. The maximum atomic E-state index is 11.2. The molecule has 8 nitrogen and oxygen atoms in total. The van der Waals surface area contributed by atoms with Gasteiger partial charge in [0, 0.05) is 37.2 Å². The van der Waals surface area contributed by atoms with Crippen LogP contribution in [0.1, 0.15) is 57.9 Å². The van der Waals surface area contributed by atoms with Crippen molar-refractivity contribution in [1.82, 2.24) is 15.8 Å². The number of nitrogens with one attached hydrogen (secondary N) is 3. The number of carbonyl (C=O) groups excluding carboxylic acids is 1. The smallest absolute Gasteiger partial charge is 0.221 e. The van der Waals surface area contributed by atoms with Crippen molar-refractivity contribution in [3.8, 4) is 5.75 Å². The summed E-state index contributed by atoms with van der Waals surface area (Å²) in [5, 5.41) is 13.4. The molecule has 0 unspecified atom stereocenters. The molecule has 1 aromatic heterocycles. The van der Waals surface area contributed by atoms with E-state index in [4.69, 9.17) is 9.26 Å². The lowest BCUT2D eigenvalue weighted by atomic mass is 9.99. The van der Waals surface area contributed by atoms with Gasteiger partial charge in [0.1, 0.15) is 18.9 Å². The molecule has 2 rings (SSSR count). The number of hydrogen-bond acceptors (Lipinski definition) is 5. The summed E-state index contributed by atoms with van der Waals surface area (Å²) in [6.07, 6.45) is 2.09. The number of nitrogens with zero attached hydrogens (tertiary/aromatic N) is 2. The first kappa shape index (κ1) is 23.3. The van der Waals surface area contributed by atoms with E-state index in [9.17, 15) is 4.79 Å². The fourth-order valence-electron chi connectivity index (χ4n) is 3.01. The van der Waals surface area contributed by atoms with Gasteiger partial charge in [-0.2, -0.15) is 0 Å². The number of anilines is 1. The first-order valence-electron chi connectivity index (χ1n) is 10.5. The van der Waals surface area contributed by atoms with Gasteiger partial charge in [-0.3, -0.25) is 4.79 Å². The van der Waals surface area contributed by atoms with Gasteiger partial charge in [-0.1, -0.05) is 25.1 Å². The minimum Gasteiger partial charge on any atom is -0.492 e. The SMILES string of the molecule is CCNC(=NCc1cc(C(CC)CC)no1)NCCOc1cccc(NC(C)=O)c1. The molecule has 8 heteroatoms. The predicted octanol–water partition coefficient (Wildman–Crippen LogP) is 3.67. The average Bonchev–Trinajstić information content (AvgIpc) is 3.19. The molecule has 0 spiro atoms. The van der Waals surface area contributed by atoms with E-state index in [1.165, 1.54) is 6.92 Å². The van der Waals surface area contributed by atoms with Crippen LogP contribution < -0.4 is 20.7 Å². The maximum absolute atomic E-state index is 11.2. The molecule has 0 aliphatic carbocycles. The standard InChI is InChI=1S/C22H33N5O3/c1-5-17(6-2)21-14-20(30-27-21)15-25-22(23-7-3)24-11-12-29-19-10-8-9-18(13-19)26-16(4)28/h8-10,13-14,17H,5-7,11-12,15H2,1-4H3,(H,26,28)(H2,23,24,25). The summed E-state index contributed by atoms with van der Waals surface area (Å²) < 4.78 is 11.2. The first-order chi connectivity index (χ1) is 14.5. The molecule has 0 aliphatic heterocycles. The fraction of sp³-hybridized carbons (Fsp3) is 0.500. The third kappa shape index (κ3) is 7.77. The monoisotopic (exact) mass is 415 g/mol. The molecule has 0 fully saturated rings. The summed E-state index contributed by atoms with van der Waals surface area (Å²) in [6.45, 7) is 10.0. The number of guanidine groups is 1. The van der Waals surface area contributed by atoms with Crippen LogP contribution in [0.4, 0.5) is 5.69 Å². The van der Waals surface area contributed by atoms with Crippen LogP contribution in [-0.2, 0) is 11.3 Å². The summed E-state index contributed by atoms with van der Waals surface area (Å²) in [5.74, 6) is 2.45. The zero-order valence-corrected chi connectivity index (χ0v) is 18.3. The molecular weight excluding hydrogens is 382 g/mol. The molecule has 0 atom stereocenters. The summed E-state index contributed by atoms with van der Waals surface area (Å²) in [4.78, 5) is 15.7. The fourth-order valence-corrected chi connectivity index (χ4v) is 3.01. The number of aromatic nitrogens is 1. The van der Waals surface area contributed by atoms with E-state index in [0.29, 0.717) is 43.0 Å². The van der Waals surface area contributed by atoms with Crippen LogP contribution in [0.3, 0.4) is 0 Å². The molecule has 30 heavy (non-hydrogen) atoms. The van der Waals surface area contributed by atoms with Gasteiger partial charge >= 0.3 is 0 Å². The molecule has 0 bridgehead atoms. The lowest BCUT2D eigenvalue weighted by Gasteiger charge is -2.12. The van der Waals surface area contributed by atoms with Gasteiger partial charge in [-0.05, 0) is 31.9 Å². The van der Waals surface area contributed by atoms with E-state index < -0.39 is 0 Å². The van der Waals surface area contributed by atoms with Crippen LogP contribution in [0.15, 0.2) is 39.8 Å². The minimum absolute atomic E-state index is 0.112. The van der Waals surface area contributed by atoms with Gasteiger partial charge in [0.15, 0.2) is 11.7 Å². The topological polar surface area (TPSA) is 101 Å². The quantitative estimate of drug-likeness (QED) is 0.294. The minimum atomic E-state index is -0.112. The van der Waals surface area contributed by atoms with Crippen LogP contribution in [0.5, 0.6) is 5.75 Å². The lowest BCUT2D eigenvalue weighted by Crippen LogP contribution is -2.39. The molecule has 0 radical (unpaired) electrons. The van der Waals surface area contributed by atoms with E-state index in [1.54, 1.807) is 6.07 Å². The molecule has 1 amide bonds. The van der Waals surface area contributed by atoms with Crippen molar-refractivity contribution in [3.63, 3.8) is 0 Å². The van der Waals surface area contributed by atoms with Crippen molar-refractivity contribution in [1.29, 1.82) is 0 Å². The van der Waals surface area contributed by atoms with E-state index in [-0.39, 0.29) is 5.91 Å². The Labute approximate surface area is 178 Å². The van der Waals surface area contributed by atoms with Gasteiger partial charge in [0.2, 0.25) is 5.91 Å². The Morgan fingerprint density at radius 2 is 2.00 bits per heavy atom. The Kier molecular flexibility index (Phi) is 9.70. The Bertz CT molecular complexity index is 815. The third-order valence-electron chi connectivity index (χ3n) is 4.54. The Balaban J connectivity index is 1.83. The van der Waals surface area contributed by atoms with Gasteiger partial charge in [-0.25, -0.2) is 4.99 Å². The van der Waals surface area contributed by atoms with Crippen LogP contribution in [0, 0.1) is 0 Å². The molecule has 0 saturated carbocycles. The number of rotatable bonds is 11. The highest BCUT2D eigenvalue weighted by Crippen LogP contribution is 2.22. The maximum Gasteiger partial charge on any atom is 0.221 e. The molecule has 2 aromatic rings. The van der Waals surface area contributed by atoms with E-state index in [0.717, 1.165) is 30.8 Å². The van der Waals surface area contributed by atoms with Crippen molar-refractivity contribution >= 4 is 17.6 Å². The zero-order chi connectivity index (χ0) is 21.8. The van der Waals surface area contributed by atoms with Crippen LogP contribution in [0.2, 0.25) is 0 Å². The second-order valence-electron chi connectivity index (χ2n) is 6.91. The molecule has 1 aromatic carbocycles. The summed E-state index contributed by atoms with van der Waals surface area (Å²) in [6, 6.07) is 9.30. The average molecular weight is 416 g/mol. The highest BCUT2D eigenvalue weighted by Gasteiger charge is 2.12. The number of aliphatic imine (C=N–C) groups is 1. The number of amides is 1. The molecule has 164 valence electrons. The van der Waals surface area contributed by atoms with Gasteiger partial charge in [0.25, 0.3) is 0 Å². The Hall–Kier alpha value is -3.03. The molecule has 0 aliphatic rings. The number of carbonyl (C=O) groups is 1. The Morgan fingerprint density at radius 1 is 1.20 bits per heavy atom. The van der Waals surface area contributed by atoms with Crippen LogP contribution in [-0.4, -0.2) is 36.7 Å². The normalized spacial score (nSPS) is 11.4. The highest BCUT2D eigenvalue weighted by molar-refractivity contribution is 5.88. The molecule has 1 heterocycles. The Morgan fingerprint density at radius 3 is 2.70 bits per heavy atom. The van der Waals surface area contributed by atoms with Crippen molar-refractivity contribution in [3.05, 3.63) is 41.8 Å². The van der Waals surface area contributed by atoms with E-state index in [2.05, 4.69) is 39.9 Å². The first-order valence-corrected chi connectivity index (χ1v) is 10.5. The number of benzene rings is 1.